The highest BCUT2D eigenvalue weighted by Crippen LogP contribution is 2.29. The van der Waals surface area contributed by atoms with Gasteiger partial charge in [-0.05, 0) is 42.8 Å². The molecule has 0 radical (unpaired) electrons. The Morgan fingerprint density at radius 2 is 1.76 bits per heavy atom. The number of urea groups is 1. The van der Waals surface area contributed by atoms with Crippen molar-refractivity contribution in [2.75, 3.05) is 30.8 Å². The predicted molar refractivity (Wildman–Crippen MR) is 149 cm³/mol. The maximum Gasteiger partial charge on any atom is 0.322 e. The van der Waals surface area contributed by atoms with E-state index in [1.165, 1.54) is 4.90 Å². The summed E-state index contributed by atoms with van der Waals surface area (Å²) in [5.41, 5.74) is 1.85. The van der Waals surface area contributed by atoms with E-state index in [0.29, 0.717) is 34.5 Å². The molecule has 3 aromatic rings. The van der Waals surface area contributed by atoms with Crippen LogP contribution in [0, 0.1) is 0 Å². The third-order valence-electron chi connectivity index (χ3n) is 5.82. The second-order valence-electron chi connectivity index (χ2n) is 9.86. The molecule has 3 rings (SSSR count). The van der Waals surface area contributed by atoms with Gasteiger partial charge in [0.05, 0.1) is 23.5 Å². The van der Waals surface area contributed by atoms with Crippen molar-refractivity contribution in [1.29, 1.82) is 0 Å². The van der Waals surface area contributed by atoms with Crippen molar-refractivity contribution in [2.24, 2.45) is 0 Å². The van der Waals surface area contributed by atoms with Gasteiger partial charge in [0.1, 0.15) is 18.1 Å². The third-order valence-corrected chi connectivity index (χ3v) is 6.14. The van der Waals surface area contributed by atoms with Crippen LogP contribution in [0.4, 0.5) is 16.3 Å². The number of anilines is 2. The number of para-hydroxylation sites is 1. The molecule has 9 heteroatoms. The lowest BCUT2D eigenvalue weighted by Crippen LogP contribution is -2.41. The number of methoxy groups -OCH3 is 1. The number of carbonyl (C=O) groups excluding carboxylic acids is 2. The number of rotatable bonds is 10. The summed E-state index contributed by atoms with van der Waals surface area (Å²) in [6, 6.07) is 15.9. The minimum absolute atomic E-state index is 0.107. The zero-order valence-corrected chi connectivity index (χ0v) is 22.9. The van der Waals surface area contributed by atoms with Crippen molar-refractivity contribution < 1.29 is 14.3 Å². The van der Waals surface area contributed by atoms with Crippen molar-refractivity contribution >= 4 is 35.0 Å². The Morgan fingerprint density at radius 3 is 2.38 bits per heavy atom. The van der Waals surface area contributed by atoms with Crippen LogP contribution in [-0.2, 0) is 10.2 Å². The number of ether oxygens (including phenoxy) is 1. The van der Waals surface area contributed by atoms with Gasteiger partial charge >= 0.3 is 6.03 Å². The summed E-state index contributed by atoms with van der Waals surface area (Å²) in [6.07, 6.45) is 2.76. The summed E-state index contributed by atoms with van der Waals surface area (Å²) < 4.78 is 6.82. The van der Waals surface area contributed by atoms with Gasteiger partial charge in [-0.2, -0.15) is 5.10 Å². The molecule has 0 spiro atoms. The van der Waals surface area contributed by atoms with Crippen molar-refractivity contribution in [2.45, 2.75) is 52.4 Å². The Hall–Kier alpha value is -3.52. The number of unbranched alkanes of at least 4 members (excludes halogenated alkanes) is 2. The highest BCUT2D eigenvalue weighted by molar-refractivity contribution is 6.32. The van der Waals surface area contributed by atoms with Gasteiger partial charge in [-0.15, -0.1) is 0 Å². The van der Waals surface area contributed by atoms with Crippen LogP contribution < -0.4 is 15.4 Å². The SMILES string of the molecule is CCCCCN(CC(=O)Nc1cc(C(C)(C)C)nn1-c1ccccc1Cl)C(=O)Nc1ccc(OC)cc1. The van der Waals surface area contributed by atoms with Crippen molar-refractivity contribution in [1.82, 2.24) is 14.7 Å². The van der Waals surface area contributed by atoms with E-state index in [9.17, 15) is 9.59 Å². The quantitative estimate of drug-likeness (QED) is 0.296. The average molecular weight is 526 g/mol. The van der Waals surface area contributed by atoms with E-state index in [-0.39, 0.29) is 23.9 Å². The van der Waals surface area contributed by atoms with Crippen LogP contribution in [0.2, 0.25) is 5.02 Å². The number of carbonyl (C=O) groups is 2. The van der Waals surface area contributed by atoms with E-state index in [0.717, 1.165) is 25.0 Å². The number of amides is 3. The minimum atomic E-state index is -0.341. The largest absolute Gasteiger partial charge is 0.497 e. The summed E-state index contributed by atoms with van der Waals surface area (Å²) >= 11 is 6.44. The topological polar surface area (TPSA) is 88.5 Å². The highest BCUT2D eigenvalue weighted by Gasteiger charge is 2.24. The molecule has 0 aliphatic heterocycles. The van der Waals surface area contributed by atoms with Gasteiger partial charge in [0.25, 0.3) is 0 Å². The molecule has 8 nitrogen and oxygen atoms in total. The molecule has 198 valence electrons. The molecule has 0 aliphatic carbocycles. The second kappa shape index (κ2) is 12.6. The number of halogens is 1. The van der Waals surface area contributed by atoms with Crippen LogP contribution in [0.3, 0.4) is 0 Å². The molecule has 2 aromatic carbocycles. The lowest BCUT2D eigenvalue weighted by Gasteiger charge is -2.23. The molecule has 3 amide bonds. The average Bonchev–Trinajstić information content (AvgIpc) is 3.28. The number of benzene rings is 2. The molecule has 0 fully saturated rings. The van der Waals surface area contributed by atoms with E-state index in [4.69, 9.17) is 21.4 Å². The number of aromatic nitrogens is 2. The number of nitrogens with one attached hydrogen (secondary N) is 2. The summed E-state index contributed by atoms with van der Waals surface area (Å²) in [6.45, 7) is 8.60. The molecule has 37 heavy (non-hydrogen) atoms. The van der Waals surface area contributed by atoms with Gasteiger partial charge in [-0.1, -0.05) is 64.3 Å². The summed E-state index contributed by atoms with van der Waals surface area (Å²) in [7, 11) is 1.59. The maximum atomic E-state index is 13.2. The van der Waals surface area contributed by atoms with Gasteiger partial charge in [-0.3, -0.25) is 4.79 Å². The Labute approximate surface area is 223 Å². The maximum absolute atomic E-state index is 13.2. The first-order valence-electron chi connectivity index (χ1n) is 12.5. The van der Waals surface area contributed by atoms with E-state index < -0.39 is 0 Å². The van der Waals surface area contributed by atoms with E-state index in [1.807, 2.05) is 24.3 Å². The van der Waals surface area contributed by atoms with Gasteiger partial charge in [0.15, 0.2) is 0 Å². The fourth-order valence-electron chi connectivity index (χ4n) is 3.68. The van der Waals surface area contributed by atoms with Crippen molar-refractivity contribution in [3.05, 3.63) is 65.3 Å². The molecule has 1 aromatic heterocycles. The highest BCUT2D eigenvalue weighted by atomic mass is 35.5. The van der Waals surface area contributed by atoms with Crippen LogP contribution in [0.5, 0.6) is 5.75 Å². The molecule has 2 N–H and O–H groups in total. The Kier molecular flexibility index (Phi) is 9.58. The molecular formula is C28H36ClN5O3. The summed E-state index contributed by atoms with van der Waals surface area (Å²) in [4.78, 5) is 27.8. The van der Waals surface area contributed by atoms with E-state index in [1.54, 1.807) is 42.1 Å². The fraction of sp³-hybridized carbons (Fsp3) is 0.393. The number of hydrogen-bond acceptors (Lipinski definition) is 4. The molecule has 0 bridgehead atoms. The summed E-state index contributed by atoms with van der Waals surface area (Å²) in [5, 5.41) is 11.1. The summed E-state index contributed by atoms with van der Waals surface area (Å²) in [5.74, 6) is 0.865. The van der Waals surface area contributed by atoms with Crippen LogP contribution in [0.1, 0.15) is 52.7 Å². The van der Waals surface area contributed by atoms with Gasteiger partial charge in [0.2, 0.25) is 5.91 Å². The predicted octanol–water partition coefficient (Wildman–Crippen LogP) is 6.49. The lowest BCUT2D eigenvalue weighted by molar-refractivity contribution is -0.116. The first-order valence-corrected chi connectivity index (χ1v) is 12.9. The first kappa shape index (κ1) is 28.1. The zero-order valence-electron chi connectivity index (χ0n) is 22.2. The fourth-order valence-corrected chi connectivity index (χ4v) is 3.90. The van der Waals surface area contributed by atoms with Crippen LogP contribution >= 0.6 is 11.6 Å². The van der Waals surface area contributed by atoms with Gasteiger partial charge in [0, 0.05) is 23.7 Å². The minimum Gasteiger partial charge on any atom is -0.497 e. The van der Waals surface area contributed by atoms with E-state index in [2.05, 4.69) is 38.3 Å². The molecule has 0 saturated carbocycles. The monoisotopic (exact) mass is 525 g/mol. The lowest BCUT2D eigenvalue weighted by atomic mass is 9.92. The third kappa shape index (κ3) is 7.73. The van der Waals surface area contributed by atoms with Gasteiger partial charge < -0.3 is 20.3 Å². The molecule has 0 aliphatic rings. The molecule has 1 heterocycles. The Morgan fingerprint density at radius 1 is 1.05 bits per heavy atom. The Bertz CT molecular complexity index is 1200. The van der Waals surface area contributed by atoms with Gasteiger partial charge in [-0.25, -0.2) is 9.48 Å². The molecule has 0 atom stereocenters. The van der Waals surface area contributed by atoms with E-state index >= 15 is 0 Å². The normalized spacial score (nSPS) is 11.2. The van der Waals surface area contributed by atoms with Crippen LogP contribution in [-0.4, -0.2) is 46.8 Å². The first-order chi connectivity index (χ1) is 17.6. The Balaban J connectivity index is 1.80. The van der Waals surface area contributed by atoms with Crippen LogP contribution in [0.25, 0.3) is 5.69 Å². The van der Waals surface area contributed by atoms with Crippen molar-refractivity contribution in [3.8, 4) is 11.4 Å². The number of hydrogen-bond donors (Lipinski definition) is 2. The second-order valence-corrected chi connectivity index (χ2v) is 10.3. The zero-order chi connectivity index (χ0) is 27.0. The number of nitrogens with zero attached hydrogens (tertiary/aromatic N) is 3. The smallest absolute Gasteiger partial charge is 0.322 e. The van der Waals surface area contributed by atoms with Crippen molar-refractivity contribution in [3.63, 3.8) is 0 Å². The molecule has 0 unspecified atom stereocenters. The molecule has 0 saturated heterocycles. The molecular weight excluding hydrogens is 490 g/mol. The standard InChI is InChI=1S/C28H36ClN5O3/c1-6-7-10-17-33(27(36)30-20-13-15-21(37-5)16-14-20)19-26(35)31-25-18-24(28(2,3)4)32-34(25)23-12-9-8-11-22(23)29/h8-9,11-16,18H,6-7,10,17,19H2,1-5H3,(H,30,36)(H,31,35). The van der Waals surface area contributed by atoms with Crippen LogP contribution in [0.15, 0.2) is 54.6 Å².